The SMILES string of the molecule is COc1cccc(Cn2c(SCC(=O)Nc3ccc(C)c(C)c3)nc3c(oc4ccccc43)c2=O)c1. The van der Waals surface area contributed by atoms with Crippen molar-refractivity contribution in [3.05, 3.63) is 93.8 Å². The first-order chi connectivity index (χ1) is 17.4. The molecule has 2 heterocycles. The van der Waals surface area contributed by atoms with Crippen LogP contribution in [0.1, 0.15) is 16.7 Å². The van der Waals surface area contributed by atoms with E-state index in [-0.39, 0.29) is 29.3 Å². The molecule has 0 bridgehead atoms. The van der Waals surface area contributed by atoms with Crippen LogP contribution < -0.4 is 15.6 Å². The van der Waals surface area contributed by atoms with Crippen LogP contribution in [0.2, 0.25) is 0 Å². The molecule has 0 atom stereocenters. The number of nitrogens with one attached hydrogen (secondary N) is 1. The van der Waals surface area contributed by atoms with Crippen molar-refractivity contribution in [2.45, 2.75) is 25.5 Å². The number of furan rings is 1. The molecule has 5 aromatic rings. The fraction of sp³-hybridized carbons (Fsp3) is 0.179. The number of aryl methyl sites for hydroxylation is 2. The number of anilines is 1. The lowest BCUT2D eigenvalue weighted by molar-refractivity contribution is -0.113. The number of hydrogen-bond donors (Lipinski definition) is 1. The molecule has 0 aliphatic heterocycles. The van der Waals surface area contributed by atoms with Crippen LogP contribution in [-0.2, 0) is 11.3 Å². The minimum Gasteiger partial charge on any atom is -0.497 e. The largest absolute Gasteiger partial charge is 0.497 e. The minimum atomic E-state index is -0.295. The second kappa shape index (κ2) is 9.91. The third-order valence-corrected chi connectivity index (χ3v) is 7.02. The molecule has 7 nitrogen and oxygen atoms in total. The summed E-state index contributed by atoms with van der Waals surface area (Å²) in [7, 11) is 1.60. The number of ether oxygens (including phenoxy) is 1. The van der Waals surface area contributed by atoms with Crippen molar-refractivity contribution in [1.29, 1.82) is 0 Å². The van der Waals surface area contributed by atoms with E-state index in [0.717, 1.165) is 27.8 Å². The van der Waals surface area contributed by atoms with E-state index >= 15 is 0 Å². The van der Waals surface area contributed by atoms with Gasteiger partial charge in [0, 0.05) is 11.1 Å². The number of rotatable bonds is 7. The van der Waals surface area contributed by atoms with Crippen LogP contribution in [0, 0.1) is 13.8 Å². The summed E-state index contributed by atoms with van der Waals surface area (Å²) in [6.45, 7) is 4.29. The zero-order valence-corrected chi connectivity index (χ0v) is 21.0. The maximum Gasteiger partial charge on any atom is 0.298 e. The number of methoxy groups -OCH3 is 1. The summed E-state index contributed by atoms with van der Waals surface area (Å²) in [4.78, 5) is 31.1. The number of carbonyl (C=O) groups is 1. The van der Waals surface area contributed by atoms with Gasteiger partial charge in [0.25, 0.3) is 5.56 Å². The van der Waals surface area contributed by atoms with Crippen molar-refractivity contribution in [3.8, 4) is 5.75 Å². The predicted molar refractivity (Wildman–Crippen MR) is 143 cm³/mol. The van der Waals surface area contributed by atoms with E-state index in [4.69, 9.17) is 14.1 Å². The van der Waals surface area contributed by atoms with Gasteiger partial charge < -0.3 is 14.5 Å². The van der Waals surface area contributed by atoms with Gasteiger partial charge in [-0.3, -0.25) is 14.2 Å². The van der Waals surface area contributed by atoms with E-state index in [0.29, 0.717) is 22.0 Å². The van der Waals surface area contributed by atoms with E-state index in [9.17, 15) is 9.59 Å². The molecule has 1 amide bonds. The zero-order chi connectivity index (χ0) is 25.2. The van der Waals surface area contributed by atoms with E-state index in [1.54, 1.807) is 11.7 Å². The Balaban J connectivity index is 1.50. The Morgan fingerprint density at radius 3 is 2.69 bits per heavy atom. The highest BCUT2D eigenvalue weighted by Gasteiger charge is 2.19. The van der Waals surface area contributed by atoms with Gasteiger partial charge >= 0.3 is 0 Å². The summed E-state index contributed by atoms with van der Waals surface area (Å²) < 4.78 is 12.8. The molecule has 0 aliphatic carbocycles. The molecule has 0 fully saturated rings. The highest BCUT2D eigenvalue weighted by atomic mass is 32.2. The van der Waals surface area contributed by atoms with Gasteiger partial charge in [0.2, 0.25) is 11.5 Å². The van der Waals surface area contributed by atoms with E-state index < -0.39 is 0 Å². The van der Waals surface area contributed by atoms with E-state index in [1.807, 2.05) is 80.6 Å². The van der Waals surface area contributed by atoms with Crippen molar-refractivity contribution in [3.63, 3.8) is 0 Å². The molecular weight excluding hydrogens is 474 g/mol. The Labute approximate surface area is 212 Å². The predicted octanol–water partition coefficient (Wildman–Crippen LogP) is 5.55. The Morgan fingerprint density at radius 2 is 1.89 bits per heavy atom. The number of carbonyl (C=O) groups excluding carboxylic acids is 1. The first-order valence-corrected chi connectivity index (χ1v) is 12.5. The quantitative estimate of drug-likeness (QED) is 0.234. The van der Waals surface area contributed by atoms with Crippen LogP contribution in [0.25, 0.3) is 22.1 Å². The van der Waals surface area contributed by atoms with Gasteiger partial charge in [0.15, 0.2) is 5.16 Å². The lowest BCUT2D eigenvalue weighted by Gasteiger charge is -2.13. The van der Waals surface area contributed by atoms with Crippen molar-refractivity contribution in [2.24, 2.45) is 0 Å². The molecule has 36 heavy (non-hydrogen) atoms. The molecule has 0 saturated heterocycles. The molecular formula is C28H25N3O4S. The van der Waals surface area contributed by atoms with Crippen molar-refractivity contribution >= 4 is 45.4 Å². The summed E-state index contributed by atoms with van der Waals surface area (Å²) in [6, 6.07) is 20.7. The molecule has 0 radical (unpaired) electrons. The molecule has 2 aromatic heterocycles. The topological polar surface area (TPSA) is 86.4 Å². The number of fused-ring (bicyclic) bond motifs is 3. The molecule has 8 heteroatoms. The monoisotopic (exact) mass is 499 g/mol. The first-order valence-electron chi connectivity index (χ1n) is 11.5. The maximum absolute atomic E-state index is 13.6. The third kappa shape index (κ3) is 4.72. The van der Waals surface area contributed by atoms with Crippen LogP contribution in [0.3, 0.4) is 0 Å². The average molecular weight is 500 g/mol. The Bertz CT molecular complexity index is 1650. The highest BCUT2D eigenvalue weighted by molar-refractivity contribution is 7.99. The molecule has 0 saturated carbocycles. The summed E-state index contributed by atoms with van der Waals surface area (Å²) in [6.07, 6.45) is 0. The van der Waals surface area contributed by atoms with E-state index in [2.05, 4.69) is 5.32 Å². The third-order valence-electron chi connectivity index (χ3n) is 6.04. The summed E-state index contributed by atoms with van der Waals surface area (Å²) in [5, 5.41) is 4.14. The Morgan fingerprint density at radius 1 is 1.06 bits per heavy atom. The van der Waals surface area contributed by atoms with Gasteiger partial charge in [-0.25, -0.2) is 4.98 Å². The van der Waals surface area contributed by atoms with Crippen molar-refractivity contribution in [2.75, 3.05) is 18.2 Å². The van der Waals surface area contributed by atoms with Crippen molar-refractivity contribution in [1.82, 2.24) is 9.55 Å². The Hall–Kier alpha value is -4.04. The van der Waals surface area contributed by atoms with Gasteiger partial charge in [0.05, 0.1) is 19.4 Å². The first kappa shape index (κ1) is 23.7. The van der Waals surface area contributed by atoms with Crippen LogP contribution in [0.5, 0.6) is 5.75 Å². The summed E-state index contributed by atoms with van der Waals surface area (Å²) in [5.41, 5.74) is 4.87. The normalized spacial score (nSPS) is 11.2. The molecule has 182 valence electrons. The zero-order valence-electron chi connectivity index (χ0n) is 20.2. The van der Waals surface area contributed by atoms with Gasteiger partial charge in [-0.2, -0.15) is 0 Å². The fourth-order valence-electron chi connectivity index (χ4n) is 4.00. The van der Waals surface area contributed by atoms with Crippen LogP contribution in [0.4, 0.5) is 5.69 Å². The number of thioether (sulfide) groups is 1. The number of benzene rings is 3. The smallest absolute Gasteiger partial charge is 0.298 e. The van der Waals surface area contributed by atoms with E-state index in [1.165, 1.54) is 11.8 Å². The number of amides is 1. The molecule has 0 aliphatic rings. The van der Waals surface area contributed by atoms with Gasteiger partial charge in [-0.1, -0.05) is 42.1 Å². The molecule has 0 unspecified atom stereocenters. The number of nitrogens with zero attached hydrogens (tertiary/aromatic N) is 2. The lowest BCUT2D eigenvalue weighted by atomic mass is 10.1. The maximum atomic E-state index is 13.6. The summed E-state index contributed by atoms with van der Waals surface area (Å²) in [5.74, 6) is 0.613. The minimum absolute atomic E-state index is 0.0960. The Kier molecular flexibility index (Phi) is 6.52. The molecule has 3 aromatic carbocycles. The number of para-hydroxylation sites is 1. The molecule has 5 rings (SSSR count). The van der Waals surface area contributed by atoms with Crippen LogP contribution >= 0.6 is 11.8 Å². The van der Waals surface area contributed by atoms with Gasteiger partial charge in [0.1, 0.15) is 16.8 Å². The second-order valence-corrected chi connectivity index (χ2v) is 9.49. The lowest BCUT2D eigenvalue weighted by Crippen LogP contribution is -2.24. The van der Waals surface area contributed by atoms with Gasteiger partial charge in [-0.15, -0.1) is 0 Å². The molecule has 0 spiro atoms. The second-order valence-electron chi connectivity index (χ2n) is 8.55. The summed E-state index contributed by atoms with van der Waals surface area (Å²) >= 11 is 1.22. The van der Waals surface area contributed by atoms with Gasteiger partial charge in [-0.05, 0) is 66.9 Å². The van der Waals surface area contributed by atoms with Crippen LogP contribution in [-0.4, -0.2) is 28.3 Å². The highest BCUT2D eigenvalue weighted by Crippen LogP contribution is 2.28. The average Bonchev–Trinajstić information content (AvgIpc) is 3.26. The van der Waals surface area contributed by atoms with Crippen molar-refractivity contribution < 1.29 is 13.9 Å². The standard InChI is InChI=1S/C28H25N3O4S/c1-17-11-12-20(13-18(17)2)29-24(32)16-36-28-30-25-22-9-4-5-10-23(22)35-26(25)27(33)31(28)15-19-7-6-8-21(14-19)34-3/h4-14H,15-16H2,1-3H3,(H,29,32). The van der Waals surface area contributed by atoms with Crippen LogP contribution in [0.15, 0.2) is 81.1 Å². The number of hydrogen-bond acceptors (Lipinski definition) is 6. The molecule has 1 N–H and O–H groups in total. The number of aromatic nitrogens is 2. The fourth-order valence-corrected chi connectivity index (χ4v) is 4.79.